The van der Waals surface area contributed by atoms with Crippen molar-refractivity contribution in [2.75, 3.05) is 0 Å². The van der Waals surface area contributed by atoms with Crippen molar-refractivity contribution in [3.05, 3.63) is 157 Å². The standard InChI is InChI=1S/C44H30N4S/c1-44(2)34-17-7-4-15-32(34)40-33(16-11-18-35(40)44)42-45-41(46-43(47-42)39-26-28-12-3-10-21-38(28)49-39)27-22-24-29(25-23-27)48-36-19-8-5-13-30(36)31-14-6-9-20-37(31)48/h3-26H,1-2H3. The molecule has 0 spiro atoms. The number of hydrogen-bond acceptors (Lipinski definition) is 4. The largest absolute Gasteiger partial charge is 0.309 e. The Morgan fingerprint density at radius 2 is 1.14 bits per heavy atom. The molecule has 232 valence electrons. The molecule has 0 saturated carbocycles. The topological polar surface area (TPSA) is 43.6 Å². The van der Waals surface area contributed by atoms with Crippen molar-refractivity contribution in [3.8, 4) is 50.3 Å². The molecule has 1 aliphatic rings. The molecule has 3 heterocycles. The molecule has 0 radical (unpaired) electrons. The second-order valence-electron chi connectivity index (χ2n) is 13.3. The van der Waals surface area contributed by atoms with E-state index in [0.29, 0.717) is 17.5 Å². The van der Waals surface area contributed by atoms with Crippen LogP contribution in [0.3, 0.4) is 0 Å². The summed E-state index contributed by atoms with van der Waals surface area (Å²) >= 11 is 1.72. The molecule has 3 aromatic heterocycles. The van der Waals surface area contributed by atoms with Crippen molar-refractivity contribution >= 4 is 43.2 Å². The smallest absolute Gasteiger partial charge is 0.174 e. The van der Waals surface area contributed by atoms with Crippen molar-refractivity contribution in [3.63, 3.8) is 0 Å². The van der Waals surface area contributed by atoms with Gasteiger partial charge in [-0.15, -0.1) is 11.3 Å². The third-order valence-electron chi connectivity index (χ3n) is 10.1. The summed E-state index contributed by atoms with van der Waals surface area (Å²) in [6, 6.07) is 51.8. The second-order valence-corrected chi connectivity index (χ2v) is 14.4. The Morgan fingerprint density at radius 3 is 1.92 bits per heavy atom. The molecule has 0 atom stereocenters. The van der Waals surface area contributed by atoms with Gasteiger partial charge in [-0.05, 0) is 76.2 Å². The molecule has 0 unspecified atom stereocenters. The molecule has 0 bridgehead atoms. The minimum absolute atomic E-state index is 0.116. The summed E-state index contributed by atoms with van der Waals surface area (Å²) in [4.78, 5) is 16.6. The molecule has 10 rings (SSSR count). The summed E-state index contributed by atoms with van der Waals surface area (Å²) in [6.07, 6.45) is 0. The average molecular weight is 647 g/mol. The molecule has 0 amide bonds. The fraction of sp³-hybridized carbons (Fsp3) is 0.0682. The first kappa shape index (κ1) is 28.1. The molecular formula is C44H30N4S. The third kappa shape index (κ3) is 4.25. The average Bonchev–Trinajstić information content (AvgIpc) is 3.81. The number of rotatable bonds is 4. The minimum Gasteiger partial charge on any atom is -0.309 e. The second kappa shape index (κ2) is 10.5. The van der Waals surface area contributed by atoms with Gasteiger partial charge in [0.05, 0.1) is 15.9 Å². The lowest BCUT2D eigenvalue weighted by atomic mass is 9.82. The number of para-hydroxylation sites is 2. The fourth-order valence-corrected chi connectivity index (χ4v) is 8.73. The molecule has 4 nitrogen and oxygen atoms in total. The molecule has 0 N–H and O–H groups in total. The highest BCUT2D eigenvalue weighted by Crippen LogP contribution is 2.51. The van der Waals surface area contributed by atoms with Gasteiger partial charge in [-0.1, -0.05) is 111 Å². The molecule has 6 aromatic carbocycles. The Labute approximate surface area is 288 Å². The van der Waals surface area contributed by atoms with Crippen LogP contribution in [0.25, 0.3) is 82.2 Å². The maximum atomic E-state index is 5.22. The van der Waals surface area contributed by atoms with Crippen LogP contribution in [-0.4, -0.2) is 19.5 Å². The van der Waals surface area contributed by atoms with E-state index in [9.17, 15) is 0 Å². The Hall–Kier alpha value is -5.91. The van der Waals surface area contributed by atoms with Crippen LogP contribution in [0.2, 0.25) is 0 Å². The zero-order valence-electron chi connectivity index (χ0n) is 27.1. The Morgan fingerprint density at radius 1 is 0.531 bits per heavy atom. The first-order chi connectivity index (χ1) is 24.0. The normalized spacial score (nSPS) is 13.3. The SMILES string of the molecule is CC1(C)c2ccccc2-c2c(-c3nc(-c4ccc(-n5c6ccccc6c6ccccc65)cc4)nc(-c4cc5ccccc5s4)n3)cccc21. The first-order valence-electron chi connectivity index (χ1n) is 16.6. The van der Waals surface area contributed by atoms with Gasteiger partial charge in [0.1, 0.15) is 0 Å². The van der Waals surface area contributed by atoms with Crippen LogP contribution in [0.4, 0.5) is 0 Å². The van der Waals surface area contributed by atoms with Gasteiger partial charge >= 0.3 is 0 Å². The van der Waals surface area contributed by atoms with Crippen LogP contribution in [0.1, 0.15) is 25.0 Å². The lowest BCUT2D eigenvalue weighted by molar-refractivity contribution is 0.660. The van der Waals surface area contributed by atoms with E-state index in [0.717, 1.165) is 21.7 Å². The summed E-state index contributed by atoms with van der Waals surface area (Å²) in [5, 5.41) is 3.69. The van der Waals surface area contributed by atoms with Crippen LogP contribution in [0.15, 0.2) is 146 Å². The quantitative estimate of drug-likeness (QED) is 0.191. The number of aromatic nitrogens is 4. The van der Waals surface area contributed by atoms with Crippen molar-refractivity contribution in [2.24, 2.45) is 0 Å². The van der Waals surface area contributed by atoms with Gasteiger partial charge < -0.3 is 4.57 Å². The number of fused-ring (bicyclic) bond motifs is 7. The van der Waals surface area contributed by atoms with Crippen molar-refractivity contribution in [1.82, 2.24) is 19.5 Å². The monoisotopic (exact) mass is 646 g/mol. The molecule has 1 aliphatic carbocycles. The molecule has 0 saturated heterocycles. The molecule has 0 fully saturated rings. The van der Waals surface area contributed by atoms with E-state index in [1.807, 2.05) is 0 Å². The van der Waals surface area contributed by atoms with Gasteiger partial charge in [-0.25, -0.2) is 15.0 Å². The van der Waals surface area contributed by atoms with Crippen LogP contribution in [0, 0.1) is 0 Å². The zero-order valence-corrected chi connectivity index (χ0v) is 27.9. The number of hydrogen-bond donors (Lipinski definition) is 0. The first-order valence-corrected chi connectivity index (χ1v) is 17.4. The van der Waals surface area contributed by atoms with E-state index in [-0.39, 0.29) is 5.41 Å². The van der Waals surface area contributed by atoms with Crippen LogP contribution >= 0.6 is 11.3 Å². The lowest BCUT2D eigenvalue weighted by Gasteiger charge is -2.21. The van der Waals surface area contributed by atoms with Crippen molar-refractivity contribution in [1.29, 1.82) is 0 Å². The van der Waals surface area contributed by atoms with Gasteiger partial charge in [0.2, 0.25) is 0 Å². The molecule has 5 heteroatoms. The summed E-state index contributed by atoms with van der Waals surface area (Å²) < 4.78 is 3.55. The van der Waals surface area contributed by atoms with Gasteiger partial charge in [0, 0.05) is 37.7 Å². The summed E-state index contributed by atoms with van der Waals surface area (Å²) in [7, 11) is 0. The van der Waals surface area contributed by atoms with Gasteiger partial charge in [0.25, 0.3) is 0 Å². The predicted octanol–water partition coefficient (Wildman–Crippen LogP) is 11.5. The van der Waals surface area contributed by atoms with Crippen molar-refractivity contribution in [2.45, 2.75) is 19.3 Å². The van der Waals surface area contributed by atoms with E-state index in [2.05, 4.69) is 164 Å². The van der Waals surface area contributed by atoms with Gasteiger partial charge in [0.15, 0.2) is 17.5 Å². The highest BCUT2D eigenvalue weighted by Gasteiger charge is 2.37. The van der Waals surface area contributed by atoms with Crippen LogP contribution in [0.5, 0.6) is 0 Å². The highest BCUT2D eigenvalue weighted by molar-refractivity contribution is 7.22. The zero-order chi connectivity index (χ0) is 32.7. The van der Waals surface area contributed by atoms with Gasteiger partial charge in [-0.3, -0.25) is 0 Å². The van der Waals surface area contributed by atoms with E-state index in [1.165, 1.54) is 54.1 Å². The Bertz CT molecular complexity index is 2660. The van der Waals surface area contributed by atoms with Crippen LogP contribution in [-0.2, 0) is 5.41 Å². The fourth-order valence-electron chi connectivity index (χ4n) is 7.73. The Balaban J connectivity index is 1.16. The molecule has 0 aliphatic heterocycles. The molecule has 9 aromatic rings. The van der Waals surface area contributed by atoms with E-state index in [4.69, 9.17) is 15.0 Å². The number of thiophene rings is 1. The maximum Gasteiger partial charge on any atom is 0.174 e. The molecule has 49 heavy (non-hydrogen) atoms. The highest BCUT2D eigenvalue weighted by atomic mass is 32.1. The lowest BCUT2D eigenvalue weighted by Crippen LogP contribution is -2.14. The van der Waals surface area contributed by atoms with E-state index < -0.39 is 0 Å². The molecular weight excluding hydrogens is 617 g/mol. The maximum absolute atomic E-state index is 5.22. The minimum atomic E-state index is -0.116. The van der Waals surface area contributed by atoms with Crippen molar-refractivity contribution < 1.29 is 0 Å². The summed E-state index contributed by atoms with van der Waals surface area (Å²) in [6.45, 7) is 4.61. The summed E-state index contributed by atoms with van der Waals surface area (Å²) in [5.74, 6) is 2.04. The van der Waals surface area contributed by atoms with Crippen LogP contribution < -0.4 is 0 Å². The van der Waals surface area contributed by atoms with E-state index in [1.54, 1.807) is 11.3 Å². The number of nitrogens with zero attached hydrogens (tertiary/aromatic N) is 4. The van der Waals surface area contributed by atoms with Gasteiger partial charge in [-0.2, -0.15) is 0 Å². The number of benzene rings is 6. The predicted molar refractivity (Wildman–Crippen MR) is 203 cm³/mol. The summed E-state index contributed by atoms with van der Waals surface area (Å²) in [5.41, 5.74) is 10.4. The third-order valence-corrected chi connectivity index (χ3v) is 11.2. The Kier molecular flexibility index (Phi) is 6.05. The van der Waals surface area contributed by atoms with E-state index >= 15 is 0 Å².